The summed E-state index contributed by atoms with van der Waals surface area (Å²) in [4.78, 5) is 12.2. The highest BCUT2D eigenvalue weighted by atomic mass is 16.3. The van der Waals surface area contributed by atoms with E-state index in [1.807, 2.05) is 36.5 Å². The number of hydrogen-bond donors (Lipinski definition) is 3. The van der Waals surface area contributed by atoms with E-state index in [-0.39, 0.29) is 18.6 Å². The minimum Gasteiger partial charge on any atom is -0.396 e. The Balaban J connectivity index is 1.95. The SMILES string of the molecule is CC(C)CC(CCO)CNC(=O)Nc1ccccc1-n1cccn1. The van der Waals surface area contributed by atoms with Gasteiger partial charge in [-0.1, -0.05) is 26.0 Å². The van der Waals surface area contributed by atoms with Gasteiger partial charge in [0.15, 0.2) is 0 Å². The van der Waals surface area contributed by atoms with Crippen molar-refractivity contribution < 1.29 is 9.90 Å². The average Bonchev–Trinajstić information content (AvgIpc) is 3.07. The fourth-order valence-corrected chi connectivity index (χ4v) is 2.75. The first-order valence-electron chi connectivity index (χ1n) is 8.35. The van der Waals surface area contributed by atoms with Crippen LogP contribution in [0.25, 0.3) is 5.69 Å². The molecule has 0 aliphatic carbocycles. The molecule has 0 fully saturated rings. The zero-order valence-corrected chi connectivity index (χ0v) is 14.3. The molecule has 1 atom stereocenters. The van der Waals surface area contributed by atoms with E-state index in [1.165, 1.54) is 0 Å². The number of nitrogens with zero attached hydrogens (tertiary/aromatic N) is 2. The summed E-state index contributed by atoms with van der Waals surface area (Å²) in [5, 5.41) is 19.1. The number of carbonyl (C=O) groups excluding carboxylic acids is 1. The molecule has 0 radical (unpaired) electrons. The third-order valence-corrected chi connectivity index (χ3v) is 3.80. The molecule has 1 heterocycles. The number of carbonyl (C=O) groups is 1. The molecule has 24 heavy (non-hydrogen) atoms. The number of benzene rings is 1. The summed E-state index contributed by atoms with van der Waals surface area (Å²) in [5.74, 6) is 0.814. The van der Waals surface area contributed by atoms with E-state index in [9.17, 15) is 4.79 Å². The van der Waals surface area contributed by atoms with Crippen molar-refractivity contribution in [2.75, 3.05) is 18.5 Å². The second-order valence-electron chi connectivity index (χ2n) is 6.31. The van der Waals surface area contributed by atoms with Gasteiger partial charge in [-0.05, 0) is 42.9 Å². The predicted molar refractivity (Wildman–Crippen MR) is 95.2 cm³/mol. The van der Waals surface area contributed by atoms with Crippen LogP contribution in [0.4, 0.5) is 10.5 Å². The van der Waals surface area contributed by atoms with Gasteiger partial charge in [0.05, 0.1) is 11.4 Å². The normalized spacial score (nSPS) is 12.2. The largest absolute Gasteiger partial charge is 0.396 e. The zero-order valence-electron chi connectivity index (χ0n) is 14.3. The van der Waals surface area contributed by atoms with Crippen LogP contribution in [0.1, 0.15) is 26.7 Å². The lowest BCUT2D eigenvalue weighted by Crippen LogP contribution is -2.34. The lowest BCUT2D eigenvalue weighted by atomic mass is 9.94. The number of nitrogens with one attached hydrogen (secondary N) is 2. The molecule has 0 aliphatic heterocycles. The van der Waals surface area contributed by atoms with Gasteiger partial charge >= 0.3 is 6.03 Å². The van der Waals surface area contributed by atoms with Crippen LogP contribution >= 0.6 is 0 Å². The molecular formula is C18H26N4O2. The van der Waals surface area contributed by atoms with Crippen LogP contribution < -0.4 is 10.6 Å². The van der Waals surface area contributed by atoms with Crippen LogP contribution in [0.3, 0.4) is 0 Å². The fourth-order valence-electron chi connectivity index (χ4n) is 2.75. The van der Waals surface area contributed by atoms with Crippen molar-refractivity contribution in [3.63, 3.8) is 0 Å². The monoisotopic (exact) mass is 330 g/mol. The van der Waals surface area contributed by atoms with Gasteiger partial charge in [0.25, 0.3) is 0 Å². The molecule has 0 saturated heterocycles. The molecule has 2 rings (SSSR count). The Bertz CT molecular complexity index is 626. The van der Waals surface area contributed by atoms with Gasteiger partial charge in [0.1, 0.15) is 0 Å². The minimum atomic E-state index is -0.249. The molecule has 2 amide bonds. The number of aliphatic hydroxyl groups is 1. The Morgan fingerprint density at radius 3 is 2.75 bits per heavy atom. The summed E-state index contributed by atoms with van der Waals surface area (Å²) in [6, 6.07) is 9.10. The second kappa shape index (κ2) is 9.08. The van der Waals surface area contributed by atoms with Crippen molar-refractivity contribution in [2.45, 2.75) is 26.7 Å². The van der Waals surface area contributed by atoms with E-state index in [4.69, 9.17) is 5.11 Å². The van der Waals surface area contributed by atoms with Crippen molar-refractivity contribution in [3.8, 4) is 5.69 Å². The van der Waals surface area contributed by atoms with E-state index < -0.39 is 0 Å². The Morgan fingerprint density at radius 2 is 2.08 bits per heavy atom. The Morgan fingerprint density at radius 1 is 1.29 bits per heavy atom. The molecule has 6 nitrogen and oxygen atoms in total. The molecule has 0 aliphatic rings. The van der Waals surface area contributed by atoms with Crippen LogP contribution in [-0.2, 0) is 0 Å². The molecule has 2 aromatic rings. The van der Waals surface area contributed by atoms with Gasteiger partial charge in [-0.3, -0.25) is 0 Å². The molecule has 1 aromatic heterocycles. The van der Waals surface area contributed by atoms with Crippen molar-refractivity contribution >= 4 is 11.7 Å². The summed E-state index contributed by atoms with van der Waals surface area (Å²) in [5.41, 5.74) is 1.51. The number of para-hydroxylation sites is 2. The number of hydrogen-bond acceptors (Lipinski definition) is 3. The first-order valence-corrected chi connectivity index (χ1v) is 8.35. The number of aliphatic hydroxyl groups excluding tert-OH is 1. The smallest absolute Gasteiger partial charge is 0.319 e. The van der Waals surface area contributed by atoms with Gasteiger partial charge in [0, 0.05) is 25.5 Å². The fraction of sp³-hybridized carbons (Fsp3) is 0.444. The van der Waals surface area contributed by atoms with Crippen LogP contribution in [0, 0.1) is 11.8 Å². The van der Waals surface area contributed by atoms with E-state index in [0.717, 1.165) is 12.1 Å². The zero-order chi connectivity index (χ0) is 17.4. The minimum absolute atomic E-state index is 0.142. The van der Waals surface area contributed by atoms with Crippen molar-refractivity contribution in [3.05, 3.63) is 42.7 Å². The van der Waals surface area contributed by atoms with E-state index in [0.29, 0.717) is 24.6 Å². The molecule has 6 heteroatoms. The van der Waals surface area contributed by atoms with Crippen LogP contribution in [0.5, 0.6) is 0 Å². The van der Waals surface area contributed by atoms with Gasteiger partial charge in [-0.25, -0.2) is 9.48 Å². The number of amides is 2. The average molecular weight is 330 g/mol. The number of urea groups is 1. The molecule has 1 unspecified atom stereocenters. The first-order chi connectivity index (χ1) is 11.6. The lowest BCUT2D eigenvalue weighted by Gasteiger charge is -2.19. The summed E-state index contributed by atoms with van der Waals surface area (Å²) in [6.45, 7) is 4.98. The van der Waals surface area contributed by atoms with Crippen LogP contribution in [-0.4, -0.2) is 34.1 Å². The number of rotatable bonds is 8. The summed E-state index contributed by atoms with van der Waals surface area (Å²) >= 11 is 0. The second-order valence-corrected chi connectivity index (χ2v) is 6.31. The Kier molecular flexibility index (Phi) is 6.81. The van der Waals surface area contributed by atoms with Gasteiger partial charge in [-0.2, -0.15) is 5.10 Å². The first kappa shape index (κ1) is 18.0. The summed E-state index contributed by atoms with van der Waals surface area (Å²) in [6.07, 6.45) is 5.20. The van der Waals surface area contributed by atoms with E-state index in [1.54, 1.807) is 10.9 Å². The van der Waals surface area contributed by atoms with Gasteiger partial charge in [0.2, 0.25) is 0 Å². The quantitative estimate of drug-likeness (QED) is 0.696. The predicted octanol–water partition coefficient (Wildman–Crippen LogP) is 3.04. The molecule has 0 bridgehead atoms. The third-order valence-electron chi connectivity index (χ3n) is 3.80. The molecule has 130 valence electrons. The van der Waals surface area contributed by atoms with Crippen molar-refractivity contribution in [2.24, 2.45) is 11.8 Å². The third kappa shape index (κ3) is 5.38. The lowest BCUT2D eigenvalue weighted by molar-refractivity contribution is 0.231. The highest BCUT2D eigenvalue weighted by Gasteiger charge is 2.13. The van der Waals surface area contributed by atoms with E-state index in [2.05, 4.69) is 29.6 Å². The number of aromatic nitrogens is 2. The Labute approximate surface area is 142 Å². The van der Waals surface area contributed by atoms with Gasteiger partial charge in [-0.15, -0.1) is 0 Å². The maximum absolute atomic E-state index is 12.2. The number of anilines is 1. The standard InChI is InChI=1S/C18H26N4O2/c1-14(2)12-15(8-11-23)13-19-18(24)21-16-6-3-4-7-17(16)22-10-5-9-20-22/h3-7,9-10,14-15,23H,8,11-13H2,1-2H3,(H2,19,21,24). The highest BCUT2D eigenvalue weighted by Crippen LogP contribution is 2.19. The Hall–Kier alpha value is -2.34. The van der Waals surface area contributed by atoms with Gasteiger partial charge < -0.3 is 15.7 Å². The van der Waals surface area contributed by atoms with Crippen LogP contribution in [0.15, 0.2) is 42.7 Å². The maximum Gasteiger partial charge on any atom is 0.319 e. The molecule has 0 saturated carbocycles. The van der Waals surface area contributed by atoms with Crippen molar-refractivity contribution in [1.29, 1.82) is 0 Å². The maximum atomic E-state index is 12.2. The molecule has 1 aromatic carbocycles. The molecule has 0 spiro atoms. The summed E-state index contributed by atoms with van der Waals surface area (Å²) in [7, 11) is 0. The topological polar surface area (TPSA) is 79.2 Å². The summed E-state index contributed by atoms with van der Waals surface area (Å²) < 4.78 is 1.71. The highest BCUT2D eigenvalue weighted by molar-refractivity contribution is 5.91. The van der Waals surface area contributed by atoms with E-state index >= 15 is 0 Å². The molecular weight excluding hydrogens is 304 g/mol. The van der Waals surface area contributed by atoms with Crippen LogP contribution in [0.2, 0.25) is 0 Å². The van der Waals surface area contributed by atoms with Crippen molar-refractivity contribution in [1.82, 2.24) is 15.1 Å². The molecule has 3 N–H and O–H groups in total.